The number of carbonyl (C=O) groups excluding carboxylic acids is 1. The third kappa shape index (κ3) is 3.45. The average molecular weight is 256 g/mol. The highest BCUT2D eigenvalue weighted by Gasteiger charge is 2.41. The van der Waals surface area contributed by atoms with Gasteiger partial charge in [-0.15, -0.1) is 0 Å². The van der Waals surface area contributed by atoms with Gasteiger partial charge in [0, 0.05) is 12.1 Å². The minimum absolute atomic E-state index is 0.0889. The van der Waals surface area contributed by atoms with Crippen molar-refractivity contribution in [3.63, 3.8) is 0 Å². The minimum Gasteiger partial charge on any atom is -0.388 e. The fraction of sp³-hybridized carbons (Fsp3) is 0.929. The molecule has 106 valence electrons. The van der Waals surface area contributed by atoms with Crippen LogP contribution in [0.1, 0.15) is 59.8 Å². The molecule has 1 saturated carbocycles. The summed E-state index contributed by atoms with van der Waals surface area (Å²) in [7, 11) is 0. The first-order valence-corrected chi connectivity index (χ1v) is 6.88. The average Bonchev–Trinajstić information content (AvgIpc) is 2.25. The molecule has 0 unspecified atom stereocenters. The molecule has 1 amide bonds. The van der Waals surface area contributed by atoms with Crippen molar-refractivity contribution in [1.29, 1.82) is 0 Å². The first-order chi connectivity index (χ1) is 8.08. The van der Waals surface area contributed by atoms with E-state index in [1.54, 1.807) is 0 Å². The van der Waals surface area contributed by atoms with Crippen LogP contribution in [-0.2, 0) is 4.79 Å². The fourth-order valence-corrected chi connectivity index (χ4v) is 2.15. The second-order valence-electron chi connectivity index (χ2n) is 6.81. The van der Waals surface area contributed by atoms with Gasteiger partial charge in [0.1, 0.15) is 0 Å². The lowest BCUT2D eigenvalue weighted by Gasteiger charge is -2.39. The maximum absolute atomic E-state index is 12.2. The molecule has 0 aromatic rings. The second-order valence-corrected chi connectivity index (χ2v) is 6.81. The molecule has 0 aliphatic heterocycles. The Morgan fingerprint density at radius 1 is 1.22 bits per heavy atom. The van der Waals surface area contributed by atoms with E-state index in [0.29, 0.717) is 6.54 Å². The first-order valence-electron chi connectivity index (χ1n) is 6.88. The highest BCUT2D eigenvalue weighted by atomic mass is 16.3. The summed E-state index contributed by atoms with van der Waals surface area (Å²) in [5.74, 6) is -0.0889. The Morgan fingerprint density at radius 2 is 1.72 bits per heavy atom. The second kappa shape index (κ2) is 5.17. The molecule has 0 heterocycles. The van der Waals surface area contributed by atoms with E-state index in [-0.39, 0.29) is 5.91 Å². The molecule has 0 radical (unpaired) electrons. The van der Waals surface area contributed by atoms with Crippen LogP contribution in [0.2, 0.25) is 0 Å². The molecule has 4 nitrogen and oxygen atoms in total. The van der Waals surface area contributed by atoms with Gasteiger partial charge in [0.15, 0.2) is 0 Å². The lowest BCUT2D eigenvalue weighted by atomic mass is 9.74. The molecule has 4 heteroatoms. The predicted octanol–water partition coefficient (Wildman–Crippen LogP) is 1.56. The quantitative estimate of drug-likeness (QED) is 0.714. The third-order valence-corrected chi connectivity index (χ3v) is 4.54. The Hall–Kier alpha value is -0.610. The van der Waals surface area contributed by atoms with E-state index in [2.05, 4.69) is 5.32 Å². The van der Waals surface area contributed by atoms with E-state index < -0.39 is 16.6 Å². The highest BCUT2D eigenvalue weighted by Crippen LogP contribution is 2.30. The standard InChI is InChI=1S/C14H28N2O2/c1-12(2,13(3,4)15)11(17)16-10-14(18)8-6-5-7-9-14/h18H,5-10,15H2,1-4H3,(H,16,17). The molecular formula is C14H28N2O2. The van der Waals surface area contributed by atoms with Crippen LogP contribution in [-0.4, -0.2) is 28.7 Å². The first kappa shape index (κ1) is 15.4. The van der Waals surface area contributed by atoms with Gasteiger partial charge < -0.3 is 16.2 Å². The van der Waals surface area contributed by atoms with Crippen molar-refractivity contribution in [3.8, 4) is 0 Å². The molecule has 1 fully saturated rings. The van der Waals surface area contributed by atoms with Gasteiger partial charge in [0.25, 0.3) is 0 Å². The van der Waals surface area contributed by atoms with Crippen LogP contribution in [0.15, 0.2) is 0 Å². The number of aliphatic hydroxyl groups is 1. The summed E-state index contributed by atoms with van der Waals surface area (Å²) in [6.45, 7) is 7.72. The summed E-state index contributed by atoms with van der Waals surface area (Å²) in [4.78, 5) is 12.2. The van der Waals surface area contributed by atoms with Gasteiger partial charge in [0.05, 0.1) is 11.0 Å². The van der Waals surface area contributed by atoms with Crippen LogP contribution in [0.5, 0.6) is 0 Å². The molecule has 0 atom stereocenters. The van der Waals surface area contributed by atoms with Crippen molar-refractivity contribution in [2.45, 2.75) is 70.9 Å². The van der Waals surface area contributed by atoms with Crippen LogP contribution in [0, 0.1) is 5.41 Å². The number of nitrogens with one attached hydrogen (secondary N) is 1. The Bertz CT molecular complexity index is 299. The molecule has 1 aliphatic carbocycles. The molecule has 0 aromatic carbocycles. The summed E-state index contributed by atoms with van der Waals surface area (Å²) in [5.41, 5.74) is 4.07. The van der Waals surface area contributed by atoms with E-state index in [1.807, 2.05) is 27.7 Å². The van der Waals surface area contributed by atoms with Crippen LogP contribution >= 0.6 is 0 Å². The lowest BCUT2D eigenvalue weighted by molar-refractivity contribution is -0.133. The van der Waals surface area contributed by atoms with Crippen molar-refractivity contribution in [1.82, 2.24) is 5.32 Å². The van der Waals surface area contributed by atoms with E-state index in [4.69, 9.17) is 5.73 Å². The molecule has 4 N–H and O–H groups in total. The Kier molecular flexibility index (Phi) is 4.44. The van der Waals surface area contributed by atoms with Crippen LogP contribution in [0.25, 0.3) is 0 Å². The normalized spacial score (nSPS) is 20.6. The molecule has 0 spiro atoms. The molecule has 0 saturated heterocycles. The zero-order valence-electron chi connectivity index (χ0n) is 12.2. The van der Waals surface area contributed by atoms with Gasteiger partial charge >= 0.3 is 0 Å². The Morgan fingerprint density at radius 3 is 2.17 bits per heavy atom. The number of carbonyl (C=O) groups is 1. The Balaban J connectivity index is 2.55. The SMILES string of the molecule is CC(C)(N)C(C)(C)C(=O)NCC1(O)CCCCC1. The van der Waals surface area contributed by atoms with Crippen molar-refractivity contribution in [3.05, 3.63) is 0 Å². The fourth-order valence-electron chi connectivity index (χ4n) is 2.15. The largest absolute Gasteiger partial charge is 0.388 e. The number of hydrogen-bond acceptors (Lipinski definition) is 3. The number of amides is 1. The summed E-state index contributed by atoms with van der Waals surface area (Å²) >= 11 is 0. The van der Waals surface area contributed by atoms with Gasteiger partial charge in [-0.2, -0.15) is 0 Å². The summed E-state index contributed by atoms with van der Waals surface area (Å²) in [6, 6.07) is 0. The molecular weight excluding hydrogens is 228 g/mol. The monoisotopic (exact) mass is 256 g/mol. The van der Waals surface area contributed by atoms with Gasteiger partial charge in [-0.1, -0.05) is 19.3 Å². The predicted molar refractivity (Wildman–Crippen MR) is 73.1 cm³/mol. The maximum atomic E-state index is 12.2. The van der Waals surface area contributed by atoms with Gasteiger partial charge in [-0.25, -0.2) is 0 Å². The van der Waals surface area contributed by atoms with Crippen molar-refractivity contribution in [2.24, 2.45) is 11.1 Å². The van der Waals surface area contributed by atoms with Crippen LogP contribution < -0.4 is 11.1 Å². The van der Waals surface area contributed by atoms with Gasteiger partial charge in [-0.05, 0) is 40.5 Å². The minimum atomic E-state index is -0.720. The van der Waals surface area contributed by atoms with Gasteiger partial charge in [-0.3, -0.25) is 4.79 Å². The van der Waals surface area contributed by atoms with E-state index in [0.717, 1.165) is 25.7 Å². The zero-order valence-corrected chi connectivity index (χ0v) is 12.2. The van der Waals surface area contributed by atoms with E-state index in [1.165, 1.54) is 6.42 Å². The highest BCUT2D eigenvalue weighted by molar-refractivity contribution is 5.83. The van der Waals surface area contributed by atoms with Crippen molar-refractivity contribution < 1.29 is 9.90 Å². The van der Waals surface area contributed by atoms with Crippen LogP contribution in [0.3, 0.4) is 0 Å². The number of hydrogen-bond donors (Lipinski definition) is 3. The third-order valence-electron chi connectivity index (χ3n) is 4.54. The smallest absolute Gasteiger partial charge is 0.227 e. The summed E-state index contributed by atoms with van der Waals surface area (Å²) < 4.78 is 0. The van der Waals surface area contributed by atoms with Crippen LogP contribution in [0.4, 0.5) is 0 Å². The molecule has 1 rings (SSSR count). The van der Waals surface area contributed by atoms with E-state index >= 15 is 0 Å². The molecule has 18 heavy (non-hydrogen) atoms. The summed E-state index contributed by atoms with van der Waals surface area (Å²) in [5, 5.41) is 13.2. The molecule has 1 aliphatic rings. The number of rotatable bonds is 4. The zero-order chi connectivity index (χ0) is 14.0. The Labute approximate surface area is 110 Å². The molecule has 0 bridgehead atoms. The number of nitrogens with two attached hydrogens (primary N) is 1. The topological polar surface area (TPSA) is 75.4 Å². The van der Waals surface area contributed by atoms with Gasteiger partial charge in [0.2, 0.25) is 5.91 Å². The van der Waals surface area contributed by atoms with Crippen molar-refractivity contribution in [2.75, 3.05) is 6.54 Å². The van der Waals surface area contributed by atoms with E-state index in [9.17, 15) is 9.90 Å². The van der Waals surface area contributed by atoms with Crippen molar-refractivity contribution >= 4 is 5.91 Å². The maximum Gasteiger partial charge on any atom is 0.227 e. The summed E-state index contributed by atoms with van der Waals surface area (Å²) in [6.07, 6.45) is 4.81. The lowest BCUT2D eigenvalue weighted by Crippen LogP contribution is -2.57. The molecule has 0 aromatic heterocycles.